The Morgan fingerprint density at radius 1 is 0.944 bits per heavy atom. The molecule has 0 bridgehead atoms. The lowest BCUT2D eigenvalue weighted by Crippen LogP contribution is -2.63. The van der Waals surface area contributed by atoms with Crippen molar-refractivity contribution in [2.24, 2.45) is 16.2 Å². The Morgan fingerprint density at radius 2 is 1.44 bits per heavy atom. The van der Waals surface area contributed by atoms with Gasteiger partial charge in [0.2, 0.25) is 0 Å². The van der Waals surface area contributed by atoms with Gasteiger partial charge in [-0.1, -0.05) is 41.5 Å². The van der Waals surface area contributed by atoms with Crippen molar-refractivity contribution in [2.75, 3.05) is 0 Å². The van der Waals surface area contributed by atoms with Gasteiger partial charge in [-0.2, -0.15) is 0 Å². The highest BCUT2D eigenvalue weighted by molar-refractivity contribution is 5.04. The van der Waals surface area contributed by atoms with E-state index >= 15 is 0 Å². The number of hydrogen-bond acceptors (Lipinski definition) is 2. The lowest BCUT2D eigenvalue weighted by Gasteiger charge is -2.53. The van der Waals surface area contributed by atoms with Crippen LogP contribution in [0.3, 0.4) is 0 Å². The molecule has 0 saturated heterocycles. The second kappa shape index (κ2) is 4.21. The van der Waals surface area contributed by atoms with Crippen molar-refractivity contribution in [1.29, 1.82) is 0 Å². The number of nitrogens with one attached hydrogen (secondary N) is 1. The topological polar surface area (TPSA) is 32.3 Å². The van der Waals surface area contributed by atoms with Crippen LogP contribution in [0.15, 0.2) is 0 Å². The van der Waals surface area contributed by atoms with Crippen molar-refractivity contribution >= 4 is 0 Å². The van der Waals surface area contributed by atoms with E-state index in [1.165, 1.54) is 19.3 Å². The Balaban J connectivity index is 1.98. The van der Waals surface area contributed by atoms with Gasteiger partial charge in [0.25, 0.3) is 0 Å². The van der Waals surface area contributed by atoms with E-state index in [1.807, 2.05) is 0 Å². The molecule has 2 rings (SSSR count). The van der Waals surface area contributed by atoms with Gasteiger partial charge in [-0.25, -0.2) is 0 Å². The minimum Gasteiger partial charge on any atom is -0.392 e. The molecule has 18 heavy (non-hydrogen) atoms. The van der Waals surface area contributed by atoms with Crippen molar-refractivity contribution in [3.05, 3.63) is 0 Å². The van der Waals surface area contributed by atoms with Gasteiger partial charge in [0, 0.05) is 17.5 Å². The first kappa shape index (κ1) is 14.3. The van der Waals surface area contributed by atoms with E-state index in [0.29, 0.717) is 22.9 Å². The number of hydrogen-bond donors (Lipinski definition) is 2. The lowest BCUT2D eigenvalue weighted by molar-refractivity contribution is -0.0816. The van der Waals surface area contributed by atoms with Crippen LogP contribution in [0.1, 0.15) is 67.2 Å². The van der Waals surface area contributed by atoms with Gasteiger partial charge in [-0.05, 0) is 36.5 Å². The Bertz CT molecular complexity index is 303. The fourth-order valence-electron chi connectivity index (χ4n) is 4.43. The minimum atomic E-state index is -0.125. The summed E-state index contributed by atoms with van der Waals surface area (Å²) in [6, 6.07) is 1.10. The molecule has 2 unspecified atom stereocenters. The number of aliphatic hydroxyl groups is 1. The van der Waals surface area contributed by atoms with E-state index in [2.05, 4.69) is 46.9 Å². The van der Waals surface area contributed by atoms with Crippen LogP contribution in [0.4, 0.5) is 0 Å². The first-order valence-electron chi connectivity index (χ1n) is 7.46. The molecule has 2 saturated carbocycles. The average molecular weight is 253 g/mol. The SMILES string of the molecule is CC1(C)CC(NC2CC(O)C2(C)C)CC(C)(C)C1. The van der Waals surface area contributed by atoms with Crippen LogP contribution in [0, 0.1) is 16.2 Å². The number of rotatable bonds is 2. The monoisotopic (exact) mass is 253 g/mol. The predicted molar refractivity (Wildman–Crippen MR) is 76.5 cm³/mol. The Kier molecular flexibility index (Phi) is 3.35. The summed E-state index contributed by atoms with van der Waals surface area (Å²) < 4.78 is 0. The molecule has 2 aliphatic rings. The van der Waals surface area contributed by atoms with Crippen LogP contribution in [0.5, 0.6) is 0 Å². The van der Waals surface area contributed by atoms with Crippen LogP contribution in [0.25, 0.3) is 0 Å². The highest BCUT2D eigenvalue weighted by Crippen LogP contribution is 2.47. The van der Waals surface area contributed by atoms with E-state index in [0.717, 1.165) is 6.42 Å². The fraction of sp³-hybridized carbons (Fsp3) is 1.00. The maximum atomic E-state index is 9.84. The third-order valence-electron chi connectivity index (χ3n) is 5.21. The molecule has 2 nitrogen and oxygen atoms in total. The molecule has 2 fully saturated rings. The molecule has 2 atom stereocenters. The first-order chi connectivity index (χ1) is 8.02. The molecule has 0 aromatic carbocycles. The fourth-order valence-corrected chi connectivity index (χ4v) is 4.43. The normalized spacial score (nSPS) is 38.2. The van der Waals surface area contributed by atoms with Crippen LogP contribution in [-0.2, 0) is 0 Å². The van der Waals surface area contributed by atoms with E-state index in [-0.39, 0.29) is 11.5 Å². The van der Waals surface area contributed by atoms with Gasteiger partial charge in [0.1, 0.15) is 0 Å². The van der Waals surface area contributed by atoms with Crippen molar-refractivity contribution in [3.63, 3.8) is 0 Å². The summed E-state index contributed by atoms with van der Waals surface area (Å²) in [6.07, 6.45) is 4.64. The van der Waals surface area contributed by atoms with Gasteiger partial charge in [0.15, 0.2) is 0 Å². The first-order valence-corrected chi connectivity index (χ1v) is 7.46. The highest BCUT2D eigenvalue weighted by Gasteiger charge is 2.49. The van der Waals surface area contributed by atoms with E-state index in [4.69, 9.17) is 0 Å². The van der Waals surface area contributed by atoms with Gasteiger partial charge in [0.05, 0.1) is 6.10 Å². The summed E-state index contributed by atoms with van der Waals surface area (Å²) in [5.74, 6) is 0. The second-order valence-corrected chi connectivity index (χ2v) is 8.90. The Hall–Kier alpha value is -0.0800. The quantitative estimate of drug-likeness (QED) is 0.791. The molecule has 0 amide bonds. The predicted octanol–water partition coefficient (Wildman–Crippen LogP) is 3.34. The zero-order valence-corrected chi connectivity index (χ0v) is 13.0. The highest BCUT2D eigenvalue weighted by atomic mass is 16.3. The Labute approximate surface area is 113 Å². The summed E-state index contributed by atoms with van der Waals surface area (Å²) in [4.78, 5) is 0. The van der Waals surface area contributed by atoms with Gasteiger partial charge < -0.3 is 10.4 Å². The van der Waals surface area contributed by atoms with Crippen LogP contribution < -0.4 is 5.32 Å². The van der Waals surface area contributed by atoms with Crippen molar-refractivity contribution < 1.29 is 5.11 Å². The molecular formula is C16H31NO. The smallest absolute Gasteiger partial charge is 0.0621 e. The third-order valence-corrected chi connectivity index (χ3v) is 5.21. The summed E-state index contributed by atoms with van der Waals surface area (Å²) in [5, 5.41) is 13.7. The van der Waals surface area contributed by atoms with Crippen molar-refractivity contribution in [2.45, 2.75) is 85.4 Å². The summed E-state index contributed by atoms with van der Waals surface area (Å²) in [5.41, 5.74) is 0.920. The molecule has 0 aromatic rings. The molecule has 2 aliphatic carbocycles. The number of aliphatic hydroxyl groups excluding tert-OH is 1. The molecule has 106 valence electrons. The van der Waals surface area contributed by atoms with E-state index in [9.17, 15) is 5.11 Å². The summed E-state index contributed by atoms with van der Waals surface area (Å²) >= 11 is 0. The molecule has 0 heterocycles. The van der Waals surface area contributed by atoms with Crippen LogP contribution in [0.2, 0.25) is 0 Å². The minimum absolute atomic E-state index is 0.0474. The molecule has 0 radical (unpaired) electrons. The van der Waals surface area contributed by atoms with Crippen LogP contribution >= 0.6 is 0 Å². The zero-order chi connectivity index (χ0) is 13.8. The molecule has 0 aliphatic heterocycles. The van der Waals surface area contributed by atoms with Gasteiger partial charge in [-0.3, -0.25) is 0 Å². The molecular weight excluding hydrogens is 222 g/mol. The summed E-state index contributed by atoms with van der Waals surface area (Å²) in [7, 11) is 0. The van der Waals surface area contributed by atoms with E-state index in [1.54, 1.807) is 0 Å². The second-order valence-electron chi connectivity index (χ2n) is 8.90. The maximum absolute atomic E-state index is 9.84. The third kappa shape index (κ3) is 2.75. The van der Waals surface area contributed by atoms with Crippen molar-refractivity contribution in [3.8, 4) is 0 Å². The Morgan fingerprint density at radius 3 is 1.83 bits per heavy atom. The molecule has 0 spiro atoms. The molecule has 0 aromatic heterocycles. The van der Waals surface area contributed by atoms with Gasteiger partial charge in [-0.15, -0.1) is 0 Å². The average Bonchev–Trinajstić information content (AvgIpc) is 2.12. The van der Waals surface area contributed by atoms with E-state index < -0.39 is 0 Å². The summed E-state index contributed by atoms with van der Waals surface area (Å²) in [6.45, 7) is 13.9. The standard InChI is InChI=1S/C16H31NO/c1-14(2)8-11(9-15(3,4)10-14)17-12-7-13(18)16(12,5)6/h11-13,17-18H,7-10H2,1-6H3. The van der Waals surface area contributed by atoms with Crippen LogP contribution in [-0.4, -0.2) is 23.3 Å². The van der Waals surface area contributed by atoms with Gasteiger partial charge >= 0.3 is 0 Å². The largest absolute Gasteiger partial charge is 0.392 e. The van der Waals surface area contributed by atoms with Crippen molar-refractivity contribution in [1.82, 2.24) is 5.32 Å². The molecule has 2 heteroatoms. The molecule has 2 N–H and O–H groups in total. The zero-order valence-electron chi connectivity index (χ0n) is 13.0. The maximum Gasteiger partial charge on any atom is 0.0621 e. The lowest BCUT2D eigenvalue weighted by atomic mass is 9.61.